The van der Waals surface area contributed by atoms with Crippen molar-refractivity contribution < 1.29 is 19.1 Å². The lowest BCUT2D eigenvalue weighted by Gasteiger charge is -2.18. The normalized spacial score (nSPS) is 12.7. The molecule has 134 valence electrons. The fourth-order valence-electron chi connectivity index (χ4n) is 2.44. The molecular weight excluding hydrogens is 332 g/mol. The second-order valence-corrected chi connectivity index (χ2v) is 5.71. The summed E-state index contributed by atoms with van der Waals surface area (Å²) in [5, 5.41) is 5.53. The molecule has 0 fully saturated rings. The maximum atomic E-state index is 12.1. The Labute approximate surface area is 151 Å². The molecule has 0 aromatic heterocycles. The summed E-state index contributed by atoms with van der Waals surface area (Å²) in [6.07, 6.45) is 3.55. The third-order valence-corrected chi connectivity index (χ3v) is 3.73. The highest BCUT2D eigenvalue weighted by molar-refractivity contribution is 6.02. The van der Waals surface area contributed by atoms with Crippen LogP contribution in [0, 0.1) is 0 Å². The summed E-state index contributed by atoms with van der Waals surface area (Å²) in [6, 6.07) is 12.5. The topological polar surface area (TPSA) is 76.7 Å². The van der Waals surface area contributed by atoms with Crippen LogP contribution in [-0.4, -0.2) is 25.0 Å². The molecule has 2 aromatic rings. The van der Waals surface area contributed by atoms with Gasteiger partial charge in [0.25, 0.3) is 0 Å². The van der Waals surface area contributed by atoms with Gasteiger partial charge in [0.05, 0.1) is 0 Å². The molecule has 6 nitrogen and oxygen atoms in total. The van der Waals surface area contributed by atoms with E-state index in [9.17, 15) is 9.59 Å². The van der Waals surface area contributed by atoms with E-state index < -0.39 is 0 Å². The highest BCUT2D eigenvalue weighted by Gasteiger charge is 2.10. The average molecular weight is 352 g/mol. The minimum Gasteiger partial charge on any atom is -0.486 e. The predicted molar refractivity (Wildman–Crippen MR) is 100 cm³/mol. The molecule has 1 aliphatic rings. The van der Waals surface area contributed by atoms with Crippen molar-refractivity contribution in [3.63, 3.8) is 0 Å². The first-order valence-corrected chi connectivity index (χ1v) is 8.42. The van der Waals surface area contributed by atoms with Gasteiger partial charge in [-0.3, -0.25) is 9.59 Å². The first-order chi connectivity index (χ1) is 12.6. The summed E-state index contributed by atoms with van der Waals surface area (Å²) in [7, 11) is 0. The van der Waals surface area contributed by atoms with Gasteiger partial charge in [-0.15, -0.1) is 0 Å². The third-order valence-electron chi connectivity index (χ3n) is 3.73. The summed E-state index contributed by atoms with van der Waals surface area (Å²) in [5.74, 6) is 1.05. The van der Waals surface area contributed by atoms with Gasteiger partial charge in [-0.1, -0.05) is 19.1 Å². The van der Waals surface area contributed by atoms with Crippen molar-refractivity contribution >= 4 is 29.3 Å². The fraction of sp³-hybridized carbons (Fsp3) is 0.200. The first kappa shape index (κ1) is 17.5. The summed E-state index contributed by atoms with van der Waals surface area (Å²) in [6.45, 7) is 2.84. The number of ether oxygens (including phenoxy) is 2. The van der Waals surface area contributed by atoms with Crippen LogP contribution < -0.4 is 20.1 Å². The molecule has 0 saturated carbocycles. The van der Waals surface area contributed by atoms with Gasteiger partial charge in [0.2, 0.25) is 11.8 Å². The van der Waals surface area contributed by atoms with Crippen LogP contribution in [0.3, 0.4) is 0 Å². The Kier molecular flexibility index (Phi) is 5.53. The van der Waals surface area contributed by atoms with Crippen molar-refractivity contribution in [2.45, 2.75) is 13.3 Å². The number of hydrogen-bond donors (Lipinski definition) is 2. The Hall–Kier alpha value is -3.28. The van der Waals surface area contributed by atoms with Gasteiger partial charge in [0.15, 0.2) is 11.5 Å². The van der Waals surface area contributed by atoms with Crippen LogP contribution in [-0.2, 0) is 9.59 Å². The Morgan fingerprint density at radius 2 is 1.73 bits per heavy atom. The van der Waals surface area contributed by atoms with Gasteiger partial charge in [0, 0.05) is 23.9 Å². The average Bonchev–Trinajstić information content (AvgIpc) is 2.66. The second kappa shape index (κ2) is 8.20. The van der Waals surface area contributed by atoms with E-state index in [2.05, 4.69) is 10.6 Å². The zero-order valence-electron chi connectivity index (χ0n) is 14.5. The zero-order valence-corrected chi connectivity index (χ0v) is 14.5. The van der Waals surface area contributed by atoms with E-state index in [1.165, 1.54) is 6.08 Å². The van der Waals surface area contributed by atoms with Crippen molar-refractivity contribution in [3.05, 3.63) is 54.1 Å². The molecular formula is C20H20N2O4. The van der Waals surface area contributed by atoms with Gasteiger partial charge < -0.3 is 20.1 Å². The van der Waals surface area contributed by atoms with Crippen molar-refractivity contribution in [1.82, 2.24) is 0 Å². The Morgan fingerprint density at radius 3 is 2.50 bits per heavy atom. The number of nitrogens with one attached hydrogen (secondary N) is 2. The second-order valence-electron chi connectivity index (χ2n) is 5.71. The molecule has 0 bridgehead atoms. The molecule has 3 rings (SSSR count). The van der Waals surface area contributed by atoms with Gasteiger partial charge in [-0.05, 0) is 42.0 Å². The van der Waals surface area contributed by atoms with E-state index in [4.69, 9.17) is 9.47 Å². The van der Waals surface area contributed by atoms with Gasteiger partial charge in [-0.2, -0.15) is 0 Å². The Bertz CT molecular complexity index is 845. The molecule has 2 N–H and O–H groups in total. The number of fused-ring (bicyclic) bond motifs is 1. The largest absolute Gasteiger partial charge is 0.486 e. The monoisotopic (exact) mass is 352 g/mol. The Morgan fingerprint density at radius 1 is 1.00 bits per heavy atom. The van der Waals surface area contributed by atoms with Gasteiger partial charge in [0.1, 0.15) is 13.2 Å². The van der Waals surface area contributed by atoms with Crippen molar-refractivity contribution in [1.29, 1.82) is 0 Å². The van der Waals surface area contributed by atoms with E-state index in [1.54, 1.807) is 37.3 Å². The molecule has 2 aromatic carbocycles. The van der Waals surface area contributed by atoms with Crippen molar-refractivity contribution in [2.24, 2.45) is 0 Å². The van der Waals surface area contributed by atoms with E-state index >= 15 is 0 Å². The molecule has 0 atom stereocenters. The highest BCUT2D eigenvalue weighted by atomic mass is 16.6. The summed E-state index contributed by atoms with van der Waals surface area (Å²) in [5.41, 5.74) is 2.09. The predicted octanol–water partition coefficient (Wildman–Crippen LogP) is 3.46. The van der Waals surface area contributed by atoms with Crippen LogP contribution in [0.1, 0.15) is 18.9 Å². The lowest BCUT2D eigenvalue weighted by Crippen LogP contribution is -2.15. The van der Waals surface area contributed by atoms with E-state index in [1.807, 2.05) is 18.2 Å². The molecule has 26 heavy (non-hydrogen) atoms. The van der Waals surface area contributed by atoms with Crippen LogP contribution in [0.2, 0.25) is 0 Å². The molecule has 1 heterocycles. The van der Waals surface area contributed by atoms with E-state index in [-0.39, 0.29) is 11.8 Å². The maximum absolute atomic E-state index is 12.1. The van der Waals surface area contributed by atoms with Gasteiger partial charge in [-0.25, -0.2) is 0 Å². The SMILES string of the molecule is CCC(=O)Nc1cccc(NC(=O)/C=C/c2ccc3c(c2)OCCO3)c1. The number of carbonyl (C=O) groups excluding carboxylic acids is 2. The highest BCUT2D eigenvalue weighted by Crippen LogP contribution is 2.31. The molecule has 1 aliphatic heterocycles. The molecule has 0 radical (unpaired) electrons. The van der Waals surface area contributed by atoms with Crippen LogP contribution in [0.25, 0.3) is 6.08 Å². The van der Waals surface area contributed by atoms with Crippen LogP contribution in [0.15, 0.2) is 48.5 Å². The number of carbonyl (C=O) groups is 2. The summed E-state index contributed by atoms with van der Waals surface area (Å²) >= 11 is 0. The number of hydrogen-bond acceptors (Lipinski definition) is 4. The lowest BCUT2D eigenvalue weighted by molar-refractivity contribution is -0.116. The van der Waals surface area contributed by atoms with Crippen molar-refractivity contribution in [3.8, 4) is 11.5 Å². The molecule has 0 spiro atoms. The number of anilines is 2. The molecule has 0 unspecified atom stereocenters. The van der Waals surface area contributed by atoms with Crippen LogP contribution in [0.5, 0.6) is 11.5 Å². The molecule has 0 saturated heterocycles. The number of benzene rings is 2. The van der Waals surface area contributed by atoms with E-state index in [0.717, 1.165) is 5.56 Å². The van der Waals surface area contributed by atoms with Crippen molar-refractivity contribution in [2.75, 3.05) is 23.8 Å². The van der Waals surface area contributed by atoms with E-state index in [0.29, 0.717) is 42.5 Å². The third kappa shape index (κ3) is 4.63. The summed E-state index contributed by atoms with van der Waals surface area (Å²) < 4.78 is 11.0. The fourth-order valence-corrected chi connectivity index (χ4v) is 2.44. The molecule has 2 amide bonds. The molecule has 0 aliphatic carbocycles. The standard InChI is InChI=1S/C20H20N2O4/c1-2-19(23)21-15-4-3-5-16(13-15)22-20(24)9-7-14-6-8-17-18(12-14)26-11-10-25-17/h3-9,12-13H,2,10-11H2,1H3,(H,21,23)(H,22,24)/b9-7+. The number of amides is 2. The number of rotatable bonds is 5. The molecule has 6 heteroatoms. The first-order valence-electron chi connectivity index (χ1n) is 8.42. The lowest BCUT2D eigenvalue weighted by atomic mass is 10.2. The van der Waals surface area contributed by atoms with Gasteiger partial charge >= 0.3 is 0 Å². The minimum atomic E-state index is -0.265. The Balaban J connectivity index is 1.62. The quantitative estimate of drug-likeness (QED) is 0.808. The summed E-state index contributed by atoms with van der Waals surface area (Å²) in [4.78, 5) is 23.6. The zero-order chi connectivity index (χ0) is 18.4. The smallest absolute Gasteiger partial charge is 0.248 e. The van der Waals surface area contributed by atoms with Crippen LogP contribution >= 0.6 is 0 Å². The minimum absolute atomic E-state index is 0.0769. The maximum Gasteiger partial charge on any atom is 0.248 e. The van der Waals surface area contributed by atoms with Crippen LogP contribution in [0.4, 0.5) is 11.4 Å².